The minimum absolute atomic E-state index is 0.990. The van der Waals surface area contributed by atoms with Crippen molar-refractivity contribution in [2.24, 2.45) is 0 Å². The second-order valence-electron chi connectivity index (χ2n) is 2.87. The summed E-state index contributed by atoms with van der Waals surface area (Å²) in [5.74, 6) is 0.990. The molecule has 0 unspecified atom stereocenters. The van der Waals surface area contributed by atoms with Crippen LogP contribution in [0.15, 0.2) is 0 Å². The molecule has 1 aliphatic rings. The molecule has 0 N–H and O–H groups in total. The van der Waals surface area contributed by atoms with Crippen LogP contribution in [0.4, 0.5) is 0 Å². The molecule has 12 heavy (non-hydrogen) atoms. The van der Waals surface area contributed by atoms with Gasteiger partial charge in [0.05, 0.1) is 0 Å². The van der Waals surface area contributed by atoms with Gasteiger partial charge in [-0.05, 0) is 7.05 Å². The molecule has 0 aromatic heterocycles. The van der Waals surface area contributed by atoms with Gasteiger partial charge in [-0.1, -0.05) is 13.8 Å². The van der Waals surface area contributed by atoms with Gasteiger partial charge in [-0.3, -0.25) is 4.90 Å². The number of piperazine rings is 1. The molecule has 0 saturated carbocycles. The number of thiol groups is 1. The fourth-order valence-corrected chi connectivity index (χ4v) is 1.50. The molecule has 1 saturated heterocycles. The summed E-state index contributed by atoms with van der Waals surface area (Å²) in [6.07, 6.45) is 0. The Balaban J connectivity index is 0.000000561. The summed E-state index contributed by atoms with van der Waals surface area (Å²) >= 11 is 4.20. The summed E-state index contributed by atoms with van der Waals surface area (Å²) in [5, 5.41) is 0. The highest BCUT2D eigenvalue weighted by atomic mass is 32.1. The summed E-state index contributed by atoms with van der Waals surface area (Å²) in [7, 11) is 2.18. The second kappa shape index (κ2) is 7.90. The number of hydrogen-bond donors (Lipinski definition) is 1. The summed E-state index contributed by atoms with van der Waals surface area (Å²) in [5.41, 5.74) is 0. The smallest absolute Gasteiger partial charge is 0.0110 e. The zero-order valence-electron chi connectivity index (χ0n) is 8.58. The van der Waals surface area contributed by atoms with Crippen LogP contribution in [0.3, 0.4) is 0 Å². The van der Waals surface area contributed by atoms with Crippen molar-refractivity contribution >= 4 is 12.6 Å². The zero-order chi connectivity index (χ0) is 9.40. The fourth-order valence-electron chi connectivity index (χ4n) is 1.21. The highest BCUT2D eigenvalue weighted by Gasteiger charge is 2.11. The van der Waals surface area contributed by atoms with Crippen molar-refractivity contribution in [3.8, 4) is 0 Å². The Morgan fingerprint density at radius 1 is 1.08 bits per heavy atom. The molecule has 1 aliphatic heterocycles. The largest absolute Gasteiger partial charge is 0.304 e. The van der Waals surface area contributed by atoms with Gasteiger partial charge in [0.15, 0.2) is 0 Å². The van der Waals surface area contributed by atoms with Crippen LogP contribution < -0.4 is 0 Å². The molecule has 0 aromatic carbocycles. The van der Waals surface area contributed by atoms with Crippen molar-refractivity contribution in [2.45, 2.75) is 13.8 Å². The molecule has 1 fully saturated rings. The summed E-state index contributed by atoms with van der Waals surface area (Å²) < 4.78 is 0. The van der Waals surface area contributed by atoms with E-state index in [1.165, 1.54) is 26.2 Å². The first kappa shape index (κ1) is 12.3. The summed E-state index contributed by atoms with van der Waals surface area (Å²) in [6, 6.07) is 0. The SMILES string of the molecule is CC.CN1CCN(CCS)CC1. The van der Waals surface area contributed by atoms with E-state index in [1.54, 1.807) is 0 Å². The third-order valence-electron chi connectivity index (χ3n) is 2.01. The van der Waals surface area contributed by atoms with Gasteiger partial charge in [0.25, 0.3) is 0 Å². The average molecular weight is 190 g/mol. The maximum absolute atomic E-state index is 4.20. The Hall–Kier alpha value is 0.270. The quantitative estimate of drug-likeness (QED) is 0.654. The molecule has 1 heterocycles. The van der Waals surface area contributed by atoms with Crippen LogP contribution >= 0.6 is 12.6 Å². The predicted octanol–water partition coefficient (Wildman–Crippen LogP) is 1.19. The molecule has 1 rings (SSSR count). The van der Waals surface area contributed by atoms with Gasteiger partial charge in [-0.2, -0.15) is 12.6 Å². The highest BCUT2D eigenvalue weighted by molar-refractivity contribution is 7.80. The van der Waals surface area contributed by atoms with Crippen LogP contribution in [0.2, 0.25) is 0 Å². The van der Waals surface area contributed by atoms with E-state index in [1.807, 2.05) is 13.8 Å². The van der Waals surface area contributed by atoms with Crippen LogP contribution in [0, 0.1) is 0 Å². The lowest BCUT2D eigenvalue weighted by Gasteiger charge is -2.31. The summed E-state index contributed by atoms with van der Waals surface area (Å²) in [4.78, 5) is 4.84. The second-order valence-corrected chi connectivity index (χ2v) is 3.32. The van der Waals surface area contributed by atoms with Crippen LogP contribution in [0.5, 0.6) is 0 Å². The fraction of sp³-hybridized carbons (Fsp3) is 1.00. The minimum Gasteiger partial charge on any atom is -0.304 e. The number of hydrogen-bond acceptors (Lipinski definition) is 3. The van der Waals surface area contributed by atoms with Gasteiger partial charge in [-0.15, -0.1) is 0 Å². The normalized spacial score (nSPS) is 20.0. The van der Waals surface area contributed by atoms with E-state index in [2.05, 4.69) is 29.5 Å². The molecule has 0 radical (unpaired) electrons. The standard InChI is InChI=1S/C7H16N2S.C2H6/c1-8-2-4-9(5-3-8)6-7-10;1-2/h10H,2-7H2,1H3;1-2H3. The Morgan fingerprint density at radius 2 is 1.58 bits per heavy atom. The monoisotopic (exact) mass is 190 g/mol. The van der Waals surface area contributed by atoms with E-state index < -0.39 is 0 Å². The number of rotatable bonds is 2. The van der Waals surface area contributed by atoms with Crippen molar-refractivity contribution in [3.63, 3.8) is 0 Å². The lowest BCUT2D eigenvalue weighted by atomic mass is 10.3. The van der Waals surface area contributed by atoms with E-state index in [-0.39, 0.29) is 0 Å². The zero-order valence-corrected chi connectivity index (χ0v) is 9.48. The maximum atomic E-state index is 4.20. The lowest BCUT2D eigenvalue weighted by Crippen LogP contribution is -2.44. The van der Waals surface area contributed by atoms with Crippen molar-refractivity contribution < 1.29 is 0 Å². The number of nitrogens with zero attached hydrogens (tertiary/aromatic N) is 2. The van der Waals surface area contributed by atoms with E-state index >= 15 is 0 Å². The van der Waals surface area contributed by atoms with Crippen LogP contribution in [0.25, 0.3) is 0 Å². The average Bonchev–Trinajstić information content (AvgIpc) is 2.13. The Kier molecular flexibility index (Phi) is 8.07. The Labute approximate surface area is 82.3 Å². The first-order chi connectivity index (χ1) is 5.83. The van der Waals surface area contributed by atoms with Crippen LogP contribution in [0.1, 0.15) is 13.8 Å². The maximum Gasteiger partial charge on any atom is 0.0110 e. The summed E-state index contributed by atoms with van der Waals surface area (Å²) in [6.45, 7) is 10.0. The molecular weight excluding hydrogens is 168 g/mol. The minimum atomic E-state index is 0.990. The molecular formula is C9H22N2S. The Morgan fingerprint density at radius 3 is 2.00 bits per heavy atom. The molecule has 0 atom stereocenters. The van der Waals surface area contributed by atoms with Crippen molar-refractivity contribution in [3.05, 3.63) is 0 Å². The van der Waals surface area contributed by atoms with Gasteiger partial charge in [0.2, 0.25) is 0 Å². The third kappa shape index (κ3) is 5.01. The molecule has 74 valence electrons. The van der Waals surface area contributed by atoms with Crippen molar-refractivity contribution in [2.75, 3.05) is 45.5 Å². The van der Waals surface area contributed by atoms with Crippen molar-refractivity contribution in [1.82, 2.24) is 9.80 Å². The molecule has 3 heteroatoms. The number of likely N-dealkylation sites (N-methyl/N-ethyl adjacent to an activating group) is 1. The molecule has 2 nitrogen and oxygen atoms in total. The van der Waals surface area contributed by atoms with E-state index in [0.29, 0.717) is 0 Å². The first-order valence-corrected chi connectivity index (χ1v) is 5.48. The van der Waals surface area contributed by atoms with Crippen LogP contribution in [-0.4, -0.2) is 55.3 Å². The van der Waals surface area contributed by atoms with Gasteiger partial charge in [-0.25, -0.2) is 0 Å². The lowest BCUT2D eigenvalue weighted by molar-refractivity contribution is 0.161. The van der Waals surface area contributed by atoms with Gasteiger partial charge in [0, 0.05) is 38.5 Å². The van der Waals surface area contributed by atoms with Crippen molar-refractivity contribution in [1.29, 1.82) is 0 Å². The van der Waals surface area contributed by atoms with E-state index in [0.717, 1.165) is 12.3 Å². The van der Waals surface area contributed by atoms with E-state index in [4.69, 9.17) is 0 Å². The molecule has 0 spiro atoms. The molecule has 0 aromatic rings. The highest BCUT2D eigenvalue weighted by Crippen LogP contribution is 1.98. The van der Waals surface area contributed by atoms with Crippen LogP contribution in [-0.2, 0) is 0 Å². The van der Waals surface area contributed by atoms with E-state index in [9.17, 15) is 0 Å². The molecule has 0 bridgehead atoms. The molecule has 0 amide bonds. The first-order valence-electron chi connectivity index (χ1n) is 4.84. The van der Waals surface area contributed by atoms with Gasteiger partial charge >= 0.3 is 0 Å². The topological polar surface area (TPSA) is 6.48 Å². The van der Waals surface area contributed by atoms with Gasteiger partial charge < -0.3 is 4.90 Å². The predicted molar refractivity (Wildman–Crippen MR) is 59.1 cm³/mol. The third-order valence-corrected chi connectivity index (χ3v) is 2.21. The Bertz CT molecular complexity index is 90.5. The molecule has 0 aliphatic carbocycles. The van der Waals surface area contributed by atoms with Gasteiger partial charge in [0.1, 0.15) is 0 Å².